The summed E-state index contributed by atoms with van der Waals surface area (Å²) in [5.41, 5.74) is 2.09. The molecule has 0 aliphatic carbocycles. The minimum atomic E-state index is 0.710. The maximum atomic E-state index is 5.24. The summed E-state index contributed by atoms with van der Waals surface area (Å²) >= 11 is 5.24. The fourth-order valence-corrected chi connectivity index (χ4v) is 0.418. The van der Waals surface area contributed by atoms with Crippen molar-refractivity contribution in [3.05, 3.63) is 23.5 Å². The molecule has 2 nitrogen and oxygen atoms in total. The van der Waals surface area contributed by atoms with Crippen molar-refractivity contribution in [2.75, 3.05) is 0 Å². The highest BCUT2D eigenvalue weighted by atomic mass is 35.5. The Balaban J connectivity index is 2.79. The average molecular weight is 115 g/mol. The first-order valence-corrected chi connectivity index (χ1v) is 2.25. The van der Waals surface area contributed by atoms with Crippen molar-refractivity contribution in [1.82, 2.24) is 0 Å². The van der Waals surface area contributed by atoms with Gasteiger partial charge in [0.15, 0.2) is 0 Å². The smallest absolute Gasteiger partial charge is 0.0985 e. The Morgan fingerprint density at radius 1 is 1.71 bits per heavy atom. The van der Waals surface area contributed by atoms with Crippen LogP contribution >= 0.6 is 11.6 Å². The van der Waals surface area contributed by atoms with Gasteiger partial charge in [-0.1, -0.05) is 11.6 Å². The predicted molar refractivity (Wildman–Crippen MR) is 27.9 cm³/mol. The van der Waals surface area contributed by atoms with Crippen LogP contribution in [0.4, 0.5) is 0 Å². The van der Waals surface area contributed by atoms with Gasteiger partial charge >= 0.3 is 0 Å². The van der Waals surface area contributed by atoms with Crippen LogP contribution in [-0.4, -0.2) is 0 Å². The summed E-state index contributed by atoms with van der Waals surface area (Å²) in [6.45, 7) is 0. The third-order valence-corrected chi connectivity index (χ3v) is 0.821. The molecular formula is C4H3ClN2. The van der Waals surface area contributed by atoms with Crippen LogP contribution in [0.2, 0.25) is 0 Å². The molecule has 0 radical (unpaired) electrons. The lowest BCUT2D eigenvalue weighted by Gasteiger charge is -1.72. The van der Waals surface area contributed by atoms with Gasteiger partial charge in [-0.25, -0.2) is 0 Å². The fourth-order valence-electron chi connectivity index (χ4n) is 0.301. The maximum Gasteiger partial charge on any atom is 0.0985 e. The molecule has 0 aromatic carbocycles. The summed E-state index contributed by atoms with van der Waals surface area (Å²) in [5, 5.41) is 7.12. The Morgan fingerprint density at radius 3 is 2.86 bits per heavy atom. The SMILES string of the molecule is ClC=C1C=CN=N1. The van der Waals surface area contributed by atoms with Crippen LogP contribution in [-0.2, 0) is 0 Å². The number of azo groups is 1. The molecule has 0 spiro atoms. The molecule has 0 aromatic rings. The minimum Gasteiger partial charge on any atom is -0.158 e. The van der Waals surface area contributed by atoms with E-state index in [1.807, 2.05) is 0 Å². The van der Waals surface area contributed by atoms with Gasteiger partial charge in [-0.05, 0) is 6.08 Å². The third-order valence-electron chi connectivity index (χ3n) is 0.597. The molecule has 0 fully saturated rings. The van der Waals surface area contributed by atoms with Crippen molar-refractivity contribution >= 4 is 11.6 Å². The summed E-state index contributed by atoms with van der Waals surface area (Å²) in [5.74, 6) is 0. The van der Waals surface area contributed by atoms with Crippen molar-refractivity contribution in [2.24, 2.45) is 10.2 Å². The molecule has 0 saturated carbocycles. The number of hydrogen-bond acceptors (Lipinski definition) is 2. The molecule has 0 bridgehead atoms. The van der Waals surface area contributed by atoms with Gasteiger partial charge in [0.1, 0.15) is 0 Å². The van der Waals surface area contributed by atoms with Gasteiger partial charge in [0.2, 0.25) is 0 Å². The number of halogens is 1. The average Bonchev–Trinajstić information content (AvgIpc) is 2.14. The number of rotatable bonds is 0. The Kier molecular flexibility index (Phi) is 1.22. The predicted octanol–water partition coefficient (Wildman–Crippen LogP) is 2.05. The standard InChI is InChI=1S/C4H3ClN2/c5-3-4-1-2-6-7-4/h1-3H. The van der Waals surface area contributed by atoms with Gasteiger partial charge in [-0.3, -0.25) is 0 Å². The highest BCUT2D eigenvalue weighted by Crippen LogP contribution is 2.07. The van der Waals surface area contributed by atoms with Crippen LogP contribution in [0.3, 0.4) is 0 Å². The van der Waals surface area contributed by atoms with Crippen LogP contribution in [0.25, 0.3) is 0 Å². The largest absolute Gasteiger partial charge is 0.158 e. The van der Waals surface area contributed by atoms with Crippen molar-refractivity contribution in [2.45, 2.75) is 0 Å². The second-order valence-corrected chi connectivity index (χ2v) is 1.28. The van der Waals surface area contributed by atoms with Crippen LogP contribution in [0.15, 0.2) is 33.7 Å². The van der Waals surface area contributed by atoms with Gasteiger partial charge in [0, 0.05) is 5.54 Å². The molecule has 0 unspecified atom stereocenters. The van der Waals surface area contributed by atoms with Gasteiger partial charge < -0.3 is 0 Å². The lowest BCUT2D eigenvalue weighted by Crippen LogP contribution is -1.55. The first kappa shape index (κ1) is 4.53. The summed E-state index contributed by atoms with van der Waals surface area (Å²) in [6.07, 6.45) is 3.32. The van der Waals surface area contributed by atoms with E-state index in [1.54, 1.807) is 12.3 Å². The maximum absolute atomic E-state index is 5.24. The lowest BCUT2D eigenvalue weighted by atomic mass is 10.5. The van der Waals surface area contributed by atoms with E-state index >= 15 is 0 Å². The summed E-state index contributed by atoms with van der Waals surface area (Å²) in [4.78, 5) is 0. The van der Waals surface area contributed by atoms with Crippen LogP contribution in [0.1, 0.15) is 0 Å². The van der Waals surface area contributed by atoms with Crippen LogP contribution < -0.4 is 0 Å². The topological polar surface area (TPSA) is 24.7 Å². The first-order valence-electron chi connectivity index (χ1n) is 1.81. The van der Waals surface area contributed by atoms with E-state index in [1.165, 1.54) is 5.54 Å². The Bertz CT molecular complexity index is 132. The third kappa shape index (κ3) is 0.871. The molecule has 1 aliphatic heterocycles. The zero-order valence-electron chi connectivity index (χ0n) is 3.50. The number of hydrogen-bond donors (Lipinski definition) is 0. The molecule has 1 aliphatic rings. The van der Waals surface area contributed by atoms with Crippen LogP contribution in [0, 0.1) is 0 Å². The zero-order chi connectivity index (χ0) is 5.11. The van der Waals surface area contributed by atoms with Crippen molar-refractivity contribution in [3.63, 3.8) is 0 Å². The number of nitrogens with zero attached hydrogens (tertiary/aromatic N) is 2. The number of allylic oxidation sites excluding steroid dienone is 1. The van der Waals surface area contributed by atoms with Crippen molar-refractivity contribution in [1.29, 1.82) is 0 Å². The molecule has 7 heavy (non-hydrogen) atoms. The Morgan fingerprint density at radius 2 is 2.57 bits per heavy atom. The highest BCUT2D eigenvalue weighted by Gasteiger charge is 1.88. The van der Waals surface area contributed by atoms with Crippen molar-refractivity contribution in [3.8, 4) is 0 Å². The molecule has 0 atom stereocenters. The van der Waals surface area contributed by atoms with Gasteiger partial charge in [-0.2, -0.15) is 10.2 Å². The van der Waals surface area contributed by atoms with Gasteiger partial charge in [0.25, 0.3) is 0 Å². The van der Waals surface area contributed by atoms with E-state index in [0.29, 0.717) is 5.70 Å². The molecule has 0 aromatic heterocycles. The quantitative estimate of drug-likeness (QED) is 0.461. The molecule has 0 amide bonds. The van der Waals surface area contributed by atoms with E-state index in [4.69, 9.17) is 11.6 Å². The molecule has 3 heteroatoms. The van der Waals surface area contributed by atoms with E-state index < -0.39 is 0 Å². The van der Waals surface area contributed by atoms with Gasteiger partial charge in [0.05, 0.1) is 11.9 Å². The van der Waals surface area contributed by atoms with E-state index in [-0.39, 0.29) is 0 Å². The van der Waals surface area contributed by atoms with E-state index in [9.17, 15) is 0 Å². The summed E-state index contributed by atoms with van der Waals surface area (Å²) in [6, 6.07) is 0. The minimum absolute atomic E-state index is 0.710. The van der Waals surface area contributed by atoms with E-state index in [2.05, 4.69) is 10.2 Å². The Hall–Kier alpha value is -0.630. The molecule has 0 N–H and O–H groups in total. The molecule has 0 saturated heterocycles. The molecular weight excluding hydrogens is 112 g/mol. The second kappa shape index (κ2) is 1.89. The lowest BCUT2D eigenvalue weighted by molar-refractivity contribution is 1.24. The summed E-state index contributed by atoms with van der Waals surface area (Å²) < 4.78 is 0. The fraction of sp³-hybridized carbons (Fsp3) is 0. The molecule has 1 rings (SSSR count). The second-order valence-electron chi connectivity index (χ2n) is 1.07. The van der Waals surface area contributed by atoms with Crippen molar-refractivity contribution < 1.29 is 0 Å². The highest BCUT2D eigenvalue weighted by molar-refractivity contribution is 6.25. The normalized spacial score (nSPS) is 22.1. The Labute approximate surface area is 46.2 Å². The van der Waals surface area contributed by atoms with Gasteiger partial charge in [-0.15, -0.1) is 0 Å². The van der Waals surface area contributed by atoms with Crippen LogP contribution in [0.5, 0.6) is 0 Å². The molecule has 36 valence electrons. The first-order chi connectivity index (χ1) is 3.43. The zero-order valence-corrected chi connectivity index (χ0v) is 4.26. The molecule has 1 heterocycles. The van der Waals surface area contributed by atoms with E-state index in [0.717, 1.165) is 0 Å². The monoisotopic (exact) mass is 114 g/mol. The summed E-state index contributed by atoms with van der Waals surface area (Å²) in [7, 11) is 0.